The lowest BCUT2D eigenvalue weighted by Gasteiger charge is -2.07. The highest BCUT2D eigenvalue weighted by Gasteiger charge is 2.19. The van der Waals surface area contributed by atoms with Crippen LogP contribution in [-0.4, -0.2) is 29.5 Å². The second kappa shape index (κ2) is 7.67. The molecule has 0 spiro atoms. The Morgan fingerprint density at radius 1 is 1.06 bits per heavy atom. The zero-order chi connectivity index (χ0) is 22.5. The summed E-state index contributed by atoms with van der Waals surface area (Å²) in [7, 11) is 1.91. The van der Waals surface area contributed by atoms with Crippen molar-refractivity contribution in [2.75, 3.05) is 0 Å². The van der Waals surface area contributed by atoms with E-state index < -0.39 is 0 Å². The van der Waals surface area contributed by atoms with Crippen LogP contribution < -0.4 is 5.56 Å². The summed E-state index contributed by atoms with van der Waals surface area (Å²) in [5, 5.41) is 14.5. The Labute approximate surface area is 193 Å². The predicted octanol–water partition coefficient (Wildman–Crippen LogP) is 4.42. The standard InChI is InChI=1S/C25H22N6OS/c1-3-15-6-4-7-16(10-15)11-21-28-24-23(33-21)19-13-27-31(25(32)22(19)30(24)2)14-17-8-5-9-20-18(17)12-26-29-20/h4-10,12-13H,3,11,14H2,1-2H3,(H,26,29). The molecule has 1 N–H and O–H groups in total. The average Bonchev–Trinajstić information content (AvgIpc) is 3.53. The first-order valence-electron chi connectivity index (χ1n) is 10.9. The van der Waals surface area contributed by atoms with Crippen LogP contribution in [0.1, 0.15) is 28.6 Å². The van der Waals surface area contributed by atoms with Crippen LogP contribution in [0.15, 0.2) is 59.7 Å². The molecule has 0 radical (unpaired) electrons. The molecule has 0 bridgehead atoms. The molecule has 164 valence electrons. The fourth-order valence-electron chi connectivity index (χ4n) is 4.48. The molecule has 8 heteroatoms. The van der Waals surface area contributed by atoms with Gasteiger partial charge in [-0.3, -0.25) is 9.89 Å². The van der Waals surface area contributed by atoms with Crippen LogP contribution in [-0.2, 0) is 26.4 Å². The zero-order valence-electron chi connectivity index (χ0n) is 18.4. The molecule has 6 rings (SSSR count). The van der Waals surface area contributed by atoms with Crippen molar-refractivity contribution in [1.29, 1.82) is 0 Å². The van der Waals surface area contributed by atoms with Crippen molar-refractivity contribution in [3.8, 4) is 0 Å². The summed E-state index contributed by atoms with van der Waals surface area (Å²) in [4.78, 5) is 18.3. The molecular weight excluding hydrogens is 432 g/mol. The Hall–Kier alpha value is -3.78. The first-order valence-corrected chi connectivity index (χ1v) is 11.8. The lowest BCUT2D eigenvalue weighted by atomic mass is 10.1. The van der Waals surface area contributed by atoms with Crippen molar-refractivity contribution in [3.05, 3.63) is 86.9 Å². The van der Waals surface area contributed by atoms with Crippen LogP contribution >= 0.6 is 11.3 Å². The Balaban J connectivity index is 1.40. The number of benzene rings is 2. The van der Waals surface area contributed by atoms with E-state index in [-0.39, 0.29) is 5.56 Å². The lowest BCUT2D eigenvalue weighted by Crippen LogP contribution is -2.24. The van der Waals surface area contributed by atoms with Gasteiger partial charge >= 0.3 is 0 Å². The van der Waals surface area contributed by atoms with E-state index in [2.05, 4.69) is 46.5 Å². The molecule has 0 saturated carbocycles. The van der Waals surface area contributed by atoms with Crippen LogP contribution in [0.5, 0.6) is 0 Å². The van der Waals surface area contributed by atoms with Crippen LogP contribution in [0.4, 0.5) is 0 Å². The fourth-order valence-corrected chi connectivity index (χ4v) is 5.62. The minimum Gasteiger partial charge on any atom is -0.323 e. The summed E-state index contributed by atoms with van der Waals surface area (Å²) in [6, 6.07) is 14.6. The zero-order valence-corrected chi connectivity index (χ0v) is 19.2. The molecule has 7 nitrogen and oxygen atoms in total. The van der Waals surface area contributed by atoms with Gasteiger partial charge in [0.25, 0.3) is 5.56 Å². The second-order valence-corrected chi connectivity index (χ2v) is 9.37. The number of hydrogen-bond donors (Lipinski definition) is 1. The maximum atomic E-state index is 13.4. The SMILES string of the molecule is CCc1cccc(Cc2nc3c(s2)c2cnn(Cc4cccc5[nH]ncc45)c(=O)c2n3C)c1. The molecule has 0 unspecified atom stereocenters. The minimum absolute atomic E-state index is 0.113. The summed E-state index contributed by atoms with van der Waals surface area (Å²) < 4.78 is 4.44. The number of nitrogens with one attached hydrogen (secondary N) is 1. The third-order valence-corrected chi connectivity index (χ3v) is 7.30. The molecule has 6 aromatic rings. The number of fused-ring (bicyclic) bond motifs is 4. The largest absolute Gasteiger partial charge is 0.323 e. The molecule has 0 fully saturated rings. The smallest absolute Gasteiger partial charge is 0.291 e. The van der Waals surface area contributed by atoms with Gasteiger partial charge in [-0.1, -0.05) is 43.3 Å². The van der Waals surface area contributed by atoms with E-state index in [1.54, 1.807) is 23.7 Å². The maximum Gasteiger partial charge on any atom is 0.291 e. The van der Waals surface area contributed by atoms with Gasteiger partial charge in [-0.15, -0.1) is 11.3 Å². The highest BCUT2D eigenvalue weighted by Crippen LogP contribution is 2.32. The molecule has 2 aromatic carbocycles. The van der Waals surface area contributed by atoms with E-state index in [1.807, 2.05) is 29.8 Å². The van der Waals surface area contributed by atoms with Crippen LogP contribution in [0.25, 0.3) is 32.2 Å². The van der Waals surface area contributed by atoms with Crippen molar-refractivity contribution >= 4 is 43.5 Å². The summed E-state index contributed by atoms with van der Waals surface area (Å²) in [5.74, 6) is 0. The monoisotopic (exact) mass is 454 g/mol. The van der Waals surface area contributed by atoms with E-state index in [1.165, 1.54) is 15.8 Å². The van der Waals surface area contributed by atoms with Crippen molar-refractivity contribution in [1.82, 2.24) is 29.5 Å². The van der Waals surface area contributed by atoms with Gasteiger partial charge < -0.3 is 4.57 Å². The number of thiazole rings is 1. The number of hydrogen-bond acceptors (Lipinski definition) is 5. The van der Waals surface area contributed by atoms with E-state index >= 15 is 0 Å². The topological polar surface area (TPSA) is 81.4 Å². The Morgan fingerprint density at radius 3 is 2.79 bits per heavy atom. The Morgan fingerprint density at radius 2 is 1.91 bits per heavy atom. The van der Waals surface area contributed by atoms with Gasteiger partial charge in [-0.05, 0) is 29.2 Å². The van der Waals surface area contributed by atoms with Gasteiger partial charge in [0.15, 0.2) is 5.65 Å². The van der Waals surface area contributed by atoms with Gasteiger partial charge in [0.05, 0.1) is 29.2 Å². The molecule has 0 atom stereocenters. The number of nitrogens with zero attached hydrogens (tertiary/aromatic N) is 5. The normalized spacial score (nSPS) is 11.8. The van der Waals surface area contributed by atoms with Crippen molar-refractivity contribution in [3.63, 3.8) is 0 Å². The summed E-state index contributed by atoms with van der Waals surface area (Å²) in [5.41, 5.74) is 5.89. The average molecular weight is 455 g/mol. The Bertz CT molecular complexity index is 1700. The molecule has 0 aliphatic heterocycles. The van der Waals surface area contributed by atoms with Crippen LogP contribution in [0, 0.1) is 0 Å². The third kappa shape index (κ3) is 3.25. The molecule has 33 heavy (non-hydrogen) atoms. The molecular formula is C25H22N6OS. The number of aromatic amines is 1. The number of H-pyrrole nitrogens is 1. The highest BCUT2D eigenvalue weighted by molar-refractivity contribution is 7.19. The van der Waals surface area contributed by atoms with E-state index in [9.17, 15) is 4.79 Å². The van der Waals surface area contributed by atoms with Crippen LogP contribution in [0.2, 0.25) is 0 Å². The highest BCUT2D eigenvalue weighted by atomic mass is 32.1. The van der Waals surface area contributed by atoms with Crippen LogP contribution in [0.3, 0.4) is 0 Å². The van der Waals surface area contributed by atoms with E-state index in [0.29, 0.717) is 12.1 Å². The minimum atomic E-state index is -0.113. The summed E-state index contributed by atoms with van der Waals surface area (Å²) >= 11 is 1.64. The molecule has 0 aliphatic carbocycles. The summed E-state index contributed by atoms with van der Waals surface area (Å²) in [6.45, 7) is 2.55. The van der Waals surface area contributed by atoms with E-state index in [4.69, 9.17) is 4.98 Å². The quantitative estimate of drug-likeness (QED) is 0.418. The van der Waals surface area contributed by atoms with E-state index in [0.717, 1.165) is 50.0 Å². The lowest BCUT2D eigenvalue weighted by molar-refractivity contribution is 0.647. The molecule has 0 saturated heterocycles. The molecule has 0 amide bonds. The fraction of sp³-hybridized carbons (Fsp3) is 0.200. The number of rotatable bonds is 5. The predicted molar refractivity (Wildman–Crippen MR) is 132 cm³/mol. The Kier molecular flexibility index (Phi) is 4.62. The third-order valence-electron chi connectivity index (χ3n) is 6.22. The van der Waals surface area contributed by atoms with Gasteiger partial charge in [0.2, 0.25) is 0 Å². The molecule has 4 aromatic heterocycles. The van der Waals surface area contributed by atoms with Gasteiger partial charge in [-0.25, -0.2) is 9.67 Å². The first-order chi connectivity index (χ1) is 16.1. The van der Waals surface area contributed by atoms with Gasteiger partial charge in [-0.2, -0.15) is 10.2 Å². The second-order valence-electron chi connectivity index (χ2n) is 8.29. The number of aromatic nitrogens is 6. The maximum absolute atomic E-state index is 13.4. The van der Waals surface area contributed by atoms with Crippen molar-refractivity contribution < 1.29 is 0 Å². The van der Waals surface area contributed by atoms with Crippen molar-refractivity contribution in [2.24, 2.45) is 7.05 Å². The molecule has 0 aliphatic rings. The van der Waals surface area contributed by atoms with Crippen molar-refractivity contribution in [2.45, 2.75) is 26.3 Å². The number of aryl methyl sites for hydroxylation is 2. The molecule has 4 heterocycles. The summed E-state index contributed by atoms with van der Waals surface area (Å²) in [6.07, 6.45) is 5.39. The van der Waals surface area contributed by atoms with Gasteiger partial charge in [0, 0.05) is 24.2 Å². The van der Waals surface area contributed by atoms with Gasteiger partial charge in [0.1, 0.15) is 10.5 Å². The first kappa shape index (κ1) is 19.9.